The second kappa shape index (κ2) is 5.12. The normalized spacial score (nSPS) is 11.7. The van der Waals surface area contributed by atoms with E-state index in [4.69, 9.17) is 21.9 Å². The SMILES string of the molecule is N#C/C(C(=O)O)=C(/N)CCNN. The van der Waals surface area contributed by atoms with Crippen LogP contribution in [0.1, 0.15) is 6.42 Å². The molecule has 0 amide bonds. The molecule has 0 atom stereocenters. The van der Waals surface area contributed by atoms with Crippen molar-refractivity contribution in [3.05, 3.63) is 11.3 Å². The molecule has 0 bridgehead atoms. The molecule has 0 aromatic carbocycles. The molecule has 0 saturated carbocycles. The van der Waals surface area contributed by atoms with Gasteiger partial charge in [0.15, 0.2) is 5.57 Å². The topological polar surface area (TPSA) is 125 Å². The molecule has 0 aromatic rings. The van der Waals surface area contributed by atoms with Crippen LogP contribution in [0.2, 0.25) is 0 Å². The van der Waals surface area contributed by atoms with Crippen molar-refractivity contribution in [1.82, 2.24) is 5.43 Å². The van der Waals surface area contributed by atoms with E-state index in [2.05, 4.69) is 5.43 Å². The fraction of sp³-hybridized carbons (Fsp3) is 0.333. The molecule has 6 N–H and O–H groups in total. The van der Waals surface area contributed by atoms with Crippen molar-refractivity contribution in [1.29, 1.82) is 5.26 Å². The zero-order valence-electron chi connectivity index (χ0n) is 6.37. The molecule has 0 saturated heterocycles. The van der Waals surface area contributed by atoms with E-state index in [-0.39, 0.29) is 12.1 Å². The zero-order chi connectivity index (χ0) is 9.56. The molecular weight excluding hydrogens is 160 g/mol. The van der Waals surface area contributed by atoms with Gasteiger partial charge in [0.05, 0.1) is 0 Å². The molecule has 0 aliphatic rings. The van der Waals surface area contributed by atoms with Gasteiger partial charge in [0.25, 0.3) is 0 Å². The summed E-state index contributed by atoms with van der Waals surface area (Å²) in [7, 11) is 0. The molecule has 0 aliphatic carbocycles. The Bertz CT molecular complexity index is 240. The van der Waals surface area contributed by atoms with Gasteiger partial charge in [0.2, 0.25) is 0 Å². The molecule has 12 heavy (non-hydrogen) atoms. The van der Waals surface area contributed by atoms with E-state index >= 15 is 0 Å². The van der Waals surface area contributed by atoms with Gasteiger partial charge >= 0.3 is 5.97 Å². The summed E-state index contributed by atoms with van der Waals surface area (Å²) in [4.78, 5) is 10.3. The van der Waals surface area contributed by atoms with Gasteiger partial charge in [-0.1, -0.05) is 0 Å². The Morgan fingerprint density at radius 1 is 1.67 bits per heavy atom. The lowest BCUT2D eigenvalue weighted by Crippen LogP contribution is -2.25. The summed E-state index contributed by atoms with van der Waals surface area (Å²) in [6, 6.07) is 1.50. The first kappa shape index (κ1) is 10.4. The van der Waals surface area contributed by atoms with E-state index < -0.39 is 11.5 Å². The van der Waals surface area contributed by atoms with Crippen LogP contribution in [0.5, 0.6) is 0 Å². The van der Waals surface area contributed by atoms with E-state index in [1.807, 2.05) is 0 Å². The Morgan fingerprint density at radius 2 is 2.25 bits per heavy atom. The number of hydrogen-bond acceptors (Lipinski definition) is 5. The molecule has 0 radical (unpaired) electrons. The second-order valence-corrected chi connectivity index (χ2v) is 2.02. The number of carboxylic acids is 1. The number of carboxylic acid groups (broad SMARTS) is 1. The molecule has 6 nitrogen and oxygen atoms in total. The maximum atomic E-state index is 10.3. The van der Waals surface area contributed by atoms with Gasteiger partial charge in [-0.25, -0.2) is 4.79 Å². The molecule has 0 rings (SSSR count). The van der Waals surface area contributed by atoms with Crippen molar-refractivity contribution in [3.63, 3.8) is 0 Å². The van der Waals surface area contributed by atoms with Gasteiger partial charge in [0, 0.05) is 18.7 Å². The average molecular weight is 170 g/mol. The quantitative estimate of drug-likeness (QED) is 0.179. The Hall–Kier alpha value is -1.58. The largest absolute Gasteiger partial charge is 0.477 e. The highest BCUT2D eigenvalue weighted by Gasteiger charge is 2.10. The number of nitrogens with one attached hydrogen (secondary N) is 1. The number of aliphatic carboxylic acids is 1. The van der Waals surface area contributed by atoms with Crippen LogP contribution in [0.4, 0.5) is 0 Å². The predicted octanol–water partition coefficient (Wildman–Crippen LogP) is -1.34. The molecule has 0 spiro atoms. The van der Waals surface area contributed by atoms with E-state index in [0.29, 0.717) is 6.54 Å². The Morgan fingerprint density at radius 3 is 2.58 bits per heavy atom. The van der Waals surface area contributed by atoms with Gasteiger partial charge in [0.1, 0.15) is 6.07 Å². The summed E-state index contributed by atoms with van der Waals surface area (Å²) in [5.74, 6) is 3.62. The summed E-state index contributed by atoms with van der Waals surface area (Å²) in [6.45, 7) is 0.338. The third-order valence-corrected chi connectivity index (χ3v) is 1.19. The second-order valence-electron chi connectivity index (χ2n) is 2.02. The number of nitrogens with zero attached hydrogens (tertiary/aromatic N) is 1. The van der Waals surface area contributed by atoms with Gasteiger partial charge < -0.3 is 10.8 Å². The van der Waals surface area contributed by atoms with E-state index in [9.17, 15) is 4.79 Å². The number of hydrogen-bond donors (Lipinski definition) is 4. The van der Waals surface area contributed by atoms with Gasteiger partial charge in [-0.05, 0) is 0 Å². The molecule has 0 aliphatic heterocycles. The minimum atomic E-state index is -1.31. The third kappa shape index (κ3) is 3.01. The highest BCUT2D eigenvalue weighted by Crippen LogP contribution is 2.00. The minimum absolute atomic E-state index is 0.0305. The van der Waals surface area contributed by atoms with Gasteiger partial charge in [-0.2, -0.15) is 5.26 Å². The lowest BCUT2D eigenvalue weighted by Gasteiger charge is -2.00. The summed E-state index contributed by atoms with van der Waals surface area (Å²) in [5, 5.41) is 16.8. The molecule has 0 aromatic heterocycles. The summed E-state index contributed by atoms with van der Waals surface area (Å²) < 4.78 is 0. The van der Waals surface area contributed by atoms with Crippen LogP contribution in [0.25, 0.3) is 0 Å². The van der Waals surface area contributed by atoms with Crippen molar-refractivity contribution in [3.8, 4) is 6.07 Å². The Balaban J connectivity index is 4.42. The average Bonchev–Trinajstić information content (AvgIpc) is 2.01. The first-order valence-electron chi connectivity index (χ1n) is 3.19. The van der Waals surface area contributed by atoms with Crippen molar-refractivity contribution >= 4 is 5.97 Å². The smallest absolute Gasteiger partial charge is 0.348 e. The maximum Gasteiger partial charge on any atom is 0.348 e. The molecule has 6 heteroatoms. The summed E-state index contributed by atoms with van der Waals surface area (Å²) >= 11 is 0. The van der Waals surface area contributed by atoms with E-state index in [0.717, 1.165) is 0 Å². The number of rotatable bonds is 4. The number of hydrazine groups is 1. The summed E-state index contributed by atoms with van der Waals surface area (Å²) in [5.41, 5.74) is 7.20. The minimum Gasteiger partial charge on any atom is -0.477 e. The van der Waals surface area contributed by atoms with E-state index in [1.54, 1.807) is 0 Å². The van der Waals surface area contributed by atoms with Gasteiger partial charge in [-0.3, -0.25) is 11.3 Å². The number of nitrogens with two attached hydrogens (primary N) is 2. The molecule has 0 unspecified atom stereocenters. The van der Waals surface area contributed by atoms with Crippen LogP contribution in [-0.2, 0) is 4.79 Å². The zero-order valence-corrected chi connectivity index (χ0v) is 6.37. The molecular formula is C6H10N4O2. The Labute approximate surface area is 69.4 Å². The summed E-state index contributed by atoms with van der Waals surface area (Å²) in [6.07, 6.45) is 0.242. The predicted molar refractivity (Wildman–Crippen MR) is 41.3 cm³/mol. The van der Waals surface area contributed by atoms with Crippen molar-refractivity contribution < 1.29 is 9.90 Å². The lowest BCUT2D eigenvalue weighted by molar-refractivity contribution is -0.132. The van der Waals surface area contributed by atoms with Crippen molar-refractivity contribution in [2.24, 2.45) is 11.6 Å². The first-order valence-corrected chi connectivity index (χ1v) is 3.19. The van der Waals surface area contributed by atoms with Crippen molar-refractivity contribution in [2.45, 2.75) is 6.42 Å². The monoisotopic (exact) mass is 170 g/mol. The van der Waals surface area contributed by atoms with Crippen LogP contribution in [-0.4, -0.2) is 17.6 Å². The van der Waals surface area contributed by atoms with Gasteiger partial charge in [-0.15, -0.1) is 0 Å². The number of carbonyl (C=O) groups is 1. The van der Waals surface area contributed by atoms with Crippen LogP contribution < -0.4 is 17.0 Å². The fourth-order valence-corrected chi connectivity index (χ4v) is 0.589. The third-order valence-electron chi connectivity index (χ3n) is 1.19. The Kier molecular flexibility index (Phi) is 4.45. The lowest BCUT2D eigenvalue weighted by atomic mass is 10.2. The standard InChI is InChI=1S/C6H10N4O2/c7-3-4(6(11)12)5(8)1-2-10-9/h10H,1-2,8-9H2,(H,11,12)/b5-4-. The van der Waals surface area contributed by atoms with E-state index in [1.165, 1.54) is 6.07 Å². The highest BCUT2D eigenvalue weighted by molar-refractivity contribution is 5.91. The van der Waals surface area contributed by atoms with Crippen LogP contribution in [0, 0.1) is 11.3 Å². The molecule has 0 fully saturated rings. The number of nitriles is 1. The van der Waals surface area contributed by atoms with Crippen molar-refractivity contribution in [2.75, 3.05) is 6.54 Å². The van der Waals surface area contributed by atoms with Crippen LogP contribution in [0.3, 0.4) is 0 Å². The maximum absolute atomic E-state index is 10.3. The molecule has 0 heterocycles. The van der Waals surface area contributed by atoms with Crippen LogP contribution in [0.15, 0.2) is 11.3 Å². The fourth-order valence-electron chi connectivity index (χ4n) is 0.589. The first-order chi connectivity index (χ1) is 5.63. The van der Waals surface area contributed by atoms with Crippen LogP contribution >= 0.6 is 0 Å². The highest BCUT2D eigenvalue weighted by atomic mass is 16.4. The molecule has 66 valence electrons.